The van der Waals surface area contributed by atoms with Gasteiger partial charge in [-0.25, -0.2) is 0 Å². The highest BCUT2D eigenvalue weighted by Crippen LogP contribution is 2.24. The average Bonchev–Trinajstić information content (AvgIpc) is 2.65. The van der Waals surface area contributed by atoms with Gasteiger partial charge in [0.1, 0.15) is 5.41 Å². The van der Waals surface area contributed by atoms with Crippen molar-refractivity contribution in [2.75, 3.05) is 0 Å². The number of nitrogens with one attached hydrogen (secondary N) is 1. The molecule has 1 aromatic carbocycles. The van der Waals surface area contributed by atoms with Crippen molar-refractivity contribution < 1.29 is 9.90 Å². The predicted molar refractivity (Wildman–Crippen MR) is 94.7 cm³/mol. The first-order valence-electron chi connectivity index (χ1n) is 6.47. The molecule has 0 amide bonds. The minimum absolute atomic E-state index is 0.709. The molecule has 0 radical (unpaired) electrons. The van der Waals surface area contributed by atoms with Crippen molar-refractivity contribution in [3.8, 4) is 0 Å². The van der Waals surface area contributed by atoms with Crippen molar-refractivity contribution in [3.05, 3.63) is 68.8 Å². The fraction of sp³-hybridized carbons (Fsp3) is 0.125. The molecule has 0 heterocycles. The van der Waals surface area contributed by atoms with Crippen LogP contribution in [0.5, 0.6) is 0 Å². The van der Waals surface area contributed by atoms with E-state index in [4.69, 9.17) is 0 Å². The summed E-state index contributed by atoms with van der Waals surface area (Å²) in [5.41, 5.74) is 3.52. The lowest BCUT2D eigenvalue weighted by molar-refractivity contribution is -0.142. The smallest absolute Gasteiger partial charge is 0.317 e. The zero-order chi connectivity index (χ0) is 16.2. The molecule has 0 aromatic heterocycles. The molecule has 0 aliphatic heterocycles. The number of benzene rings is 1. The number of carboxylic acids is 1. The Kier molecular flexibility index (Phi) is 5.37. The number of aliphatic carboxylic acids is 1. The summed E-state index contributed by atoms with van der Waals surface area (Å²) in [5.74, 6) is -0.893. The Hall–Kier alpha value is -1.66. The molecule has 1 aliphatic carbocycles. The van der Waals surface area contributed by atoms with Gasteiger partial charge in [-0.1, -0.05) is 56.2 Å². The van der Waals surface area contributed by atoms with Gasteiger partial charge in [-0.05, 0) is 31.2 Å². The van der Waals surface area contributed by atoms with Gasteiger partial charge >= 0.3 is 5.97 Å². The molecule has 114 valence electrons. The van der Waals surface area contributed by atoms with Crippen LogP contribution in [0.4, 0.5) is 0 Å². The second-order valence-corrected chi connectivity index (χ2v) is 6.62. The first-order chi connectivity index (χ1) is 10.4. The normalized spacial score (nSPS) is 20.8. The summed E-state index contributed by atoms with van der Waals surface area (Å²) < 4.78 is 1.85. The van der Waals surface area contributed by atoms with Crippen LogP contribution in [0.2, 0.25) is 0 Å². The van der Waals surface area contributed by atoms with Crippen LogP contribution >= 0.6 is 31.9 Å². The van der Waals surface area contributed by atoms with Gasteiger partial charge in [0.15, 0.2) is 0 Å². The first-order valence-corrected chi connectivity index (χ1v) is 8.06. The molecule has 2 rings (SSSR count). The third-order valence-electron chi connectivity index (χ3n) is 3.18. The van der Waals surface area contributed by atoms with Crippen molar-refractivity contribution in [3.63, 3.8) is 0 Å². The van der Waals surface area contributed by atoms with E-state index in [0.29, 0.717) is 5.70 Å². The molecule has 2 N–H and O–H groups in total. The minimum atomic E-state index is -1.00. The Morgan fingerprint density at radius 3 is 2.64 bits per heavy atom. The van der Waals surface area contributed by atoms with Crippen molar-refractivity contribution >= 4 is 44.0 Å². The maximum absolute atomic E-state index is 11.2. The average molecular weight is 426 g/mol. The van der Waals surface area contributed by atoms with E-state index in [-0.39, 0.29) is 0 Å². The number of hydrazone groups is 1. The van der Waals surface area contributed by atoms with Crippen molar-refractivity contribution in [1.29, 1.82) is 0 Å². The Morgan fingerprint density at radius 2 is 2.00 bits per heavy atom. The van der Waals surface area contributed by atoms with Crippen LogP contribution in [0.3, 0.4) is 0 Å². The van der Waals surface area contributed by atoms with Gasteiger partial charge < -0.3 is 5.11 Å². The Balaban J connectivity index is 2.10. The van der Waals surface area contributed by atoms with Crippen LogP contribution in [0.1, 0.15) is 12.5 Å². The van der Waals surface area contributed by atoms with Gasteiger partial charge in [-0.2, -0.15) is 5.10 Å². The summed E-state index contributed by atoms with van der Waals surface area (Å²) in [4.78, 5) is 11.2. The van der Waals surface area contributed by atoms with Gasteiger partial charge in [0.05, 0.1) is 11.9 Å². The Labute approximate surface area is 145 Å². The van der Waals surface area contributed by atoms with E-state index in [2.05, 4.69) is 42.4 Å². The van der Waals surface area contributed by atoms with Crippen LogP contribution < -0.4 is 5.43 Å². The van der Waals surface area contributed by atoms with Gasteiger partial charge in [-0.3, -0.25) is 10.2 Å². The summed E-state index contributed by atoms with van der Waals surface area (Å²) in [7, 11) is 0. The number of allylic oxidation sites excluding steroid dienone is 3. The van der Waals surface area contributed by atoms with Gasteiger partial charge in [-0.15, -0.1) is 0 Å². The fourth-order valence-corrected chi connectivity index (χ4v) is 2.95. The number of rotatable bonds is 4. The molecular weight excluding hydrogens is 412 g/mol. The standard InChI is InChI=1S/C16H14Br2N2O2/c1-16(15(21)22)8-3-4-11(7-9-16)20-19-10-12-13(17)5-2-6-14(12)18/h2-10,20H,1H3,(H,21,22)/b19-10+. The largest absolute Gasteiger partial charge is 0.480 e. The molecule has 4 nitrogen and oxygen atoms in total. The molecule has 0 spiro atoms. The SMILES string of the molecule is CC1(C(=O)O)C=CC=C(N/N=C/c2c(Br)cccc2Br)C=C1. The van der Waals surface area contributed by atoms with E-state index in [1.54, 1.807) is 43.5 Å². The van der Waals surface area contributed by atoms with E-state index in [9.17, 15) is 9.90 Å². The molecule has 22 heavy (non-hydrogen) atoms. The number of hydrogen-bond donors (Lipinski definition) is 2. The Morgan fingerprint density at radius 1 is 1.32 bits per heavy atom. The number of carboxylic acid groups (broad SMARTS) is 1. The third-order valence-corrected chi connectivity index (χ3v) is 4.56. The highest BCUT2D eigenvalue weighted by molar-refractivity contribution is 9.11. The summed E-state index contributed by atoms with van der Waals surface area (Å²) in [6.07, 6.45) is 10.1. The van der Waals surface area contributed by atoms with E-state index in [0.717, 1.165) is 14.5 Å². The lowest BCUT2D eigenvalue weighted by Gasteiger charge is -2.14. The fourth-order valence-electron chi connectivity index (χ4n) is 1.75. The van der Waals surface area contributed by atoms with Gasteiger partial charge in [0.2, 0.25) is 0 Å². The highest BCUT2D eigenvalue weighted by atomic mass is 79.9. The van der Waals surface area contributed by atoms with Crippen LogP contribution in [0, 0.1) is 5.41 Å². The number of carbonyl (C=O) groups is 1. The second kappa shape index (κ2) is 7.07. The number of hydrogen-bond acceptors (Lipinski definition) is 3. The molecule has 0 bridgehead atoms. The number of halogens is 2. The molecular formula is C16H14Br2N2O2. The Bertz CT molecular complexity index is 688. The zero-order valence-corrected chi connectivity index (χ0v) is 14.9. The molecule has 1 unspecified atom stereocenters. The van der Waals surface area contributed by atoms with Gasteiger partial charge in [0, 0.05) is 14.5 Å². The van der Waals surface area contributed by atoms with Gasteiger partial charge in [0.25, 0.3) is 0 Å². The van der Waals surface area contributed by atoms with Crippen molar-refractivity contribution in [2.24, 2.45) is 10.5 Å². The van der Waals surface area contributed by atoms with E-state index >= 15 is 0 Å². The van der Waals surface area contributed by atoms with Crippen molar-refractivity contribution in [1.82, 2.24) is 5.43 Å². The molecule has 1 aromatic rings. The summed E-state index contributed by atoms with van der Waals surface area (Å²) in [5, 5.41) is 13.4. The minimum Gasteiger partial charge on any atom is -0.480 e. The monoisotopic (exact) mass is 424 g/mol. The lowest BCUT2D eigenvalue weighted by Crippen LogP contribution is -2.22. The maximum Gasteiger partial charge on any atom is 0.317 e. The summed E-state index contributed by atoms with van der Waals surface area (Å²) in [6.45, 7) is 1.64. The molecule has 0 saturated carbocycles. The molecule has 1 atom stereocenters. The van der Waals surface area contributed by atoms with E-state index in [1.165, 1.54) is 0 Å². The third kappa shape index (κ3) is 3.96. The zero-order valence-electron chi connectivity index (χ0n) is 11.8. The molecule has 0 fully saturated rings. The van der Waals surface area contributed by atoms with Crippen LogP contribution in [0.15, 0.2) is 68.3 Å². The molecule has 1 aliphatic rings. The summed E-state index contributed by atoms with van der Waals surface area (Å²) in [6, 6.07) is 5.78. The van der Waals surface area contributed by atoms with E-state index in [1.807, 2.05) is 18.2 Å². The molecule has 6 heteroatoms. The predicted octanol–water partition coefficient (Wildman–Crippen LogP) is 4.24. The lowest BCUT2D eigenvalue weighted by atomic mass is 9.90. The highest BCUT2D eigenvalue weighted by Gasteiger charge is 2.27. The topological polar surface area (TPSA) is 61.7 Å². The second-order valence-electron chi connectivity index (χ2n) is 4.91. The quantitative estimate of drug-likeness (QED) is 0.560. The van der Waals surface area contributed by atoms with Crippen LogP contribution in [0.25, 0.3) is 0 Å². The van der Waals surface area contributed by atoms with Crippen LogP contribution in [-0.2, 0) is 4.79 Å². The number of nitrogens with zero attached hydrogens (tertiary/aromatic N) is 1. The van der Waals surface area contributed by atoms with Crippen LogP contribution in [-0.4, -0.2) is 17.3 Å². The first kappa shape index (κ1) is 16.7. The molecule has 0 saturated heterocycles. The summed E-state index contributed by atoms with van der Waals surface area (Å²) >= 11 is 6.93. The van der Waals surface area contributed by atoms with E-state index < -0.39 is 11.4 Å². The maximum atomic E-state index is 11.2. The van der Waals surface area contributed by atoms with Crippen molar-refractivity contribution in [2.45, 2.75) is 6.92 Å².